The lowest BCUT2D eigenvalue weighted by molar-refractivity contribution is -0.119. The van der Waals surface area contributed by atoms with Crippen molar-refractivity contribution in [2.24, 2.45) is 0 Å². The molecular weight excluding hydrogens is 347 g/mol. The van der Waals surface area contributed by atoms with Gasteiger partial charge in [0.15, 0.2) is 6.61 Å². The summed E-state index contributed by atoms with van der Waals surface area (Å²) in [6.45, 7) is 1.20. The van der Waals surface area contributed by atoms with Crippen molar-refractivity contribution in [3.8, 4) is 0 Å². The largest absolute Gasteiger partial charge is 0.452 e. The Hall–Kier alpha value is -2.22. The molecule has 110 valence electrons. The van der Waals surface area contributed by atoms with E-state index >= 15 is 0 Å². The van der Waals surface area contributed by atoms with Crippen molar-refractivity contribution in [2.45, 2.75) is 6.92 Å². The number of ether oxygens (including phenoxy) is 1. The highest BCUT2D eigenvalue weighted by atomic mass is 79.9. The van der Waals surface area contributed by atoms with Crippen molar-refractivity contribution < 1.29 is 23.2 Å². The van der Waals surface area contributed by atoms with Gasteiger partial charge in [-0.2, -0.15) is 0 Å². The van der Waals surface area contributed by atoms with Gasteiger partial charge in [-0.25, -0.2) is 9.18 Å². The van der Waals surface area contributed by atoms with E-state index in [2.05, 4.69) is 26.4 Å². The molecule has 1 aromatic carbocycles. The van der Waals surface area contributed by atoms with Gasteiger partial charge < -0.3 is 9.26 Å². The van der Waals surface area contributed by atoms with Crippen LogP contribution in [0.5, 0.6) is 0 Å². The summed E-state index contributed by atoms with van der Waals surface area (Å²) in [4.78, 5) is 23.3. The summed E-state index contributed by atoms with van der Waals surface area (Å²) in [7, 11) is 0. The Morgan fingerprint density at radius 2 is 2.19 bits per heavy atom. The maximum atomic E-state index is 12.9. The second kappa shape index (κ2) is 6.49. The third-order valence-electron chi connectivity index (χ3n) is 2.38. The first kappa shape index (κ1) is 15.2. The molecule has 0 aliphatic carbocycles. The maximum Gasteiger partial charge on any atom is 0.339 e. The summed E-state index contributed by atoms with van der Waals surface area (Å²) in [5.74, 6) is -1.64. The summed E-state index contributed by atoms with van der Waals surface area (Å²) in [5, 5.41) is 5.97. The minimum absolute atomic E-state index is 0.125. The number of benzene rings is 1. The van der Waals surface area contributed by atoms with Gasteiger partial charge in [0.25, 0.3) is 5.91 Å². The number of carbonyl (C=O) groups excluding carboxylic acids is 2. The van der Waals surface area contributed by atoms with Gasteiger partial charge in [0.05, 0.1) is 11.3 Å². The molecule has 0 bridgehead atoms. The number of nitrogens with zero attached hydrogens (tertiary/aromatic N) is 1. The molecule has 1 amide bonds. The van der Waals surface area contributed by atoms with Gasteiger partial charge in [-0.05, 0) is 41.1 Å². The molecule has 1 N–H and O–H groups in total. The van der Waals surface area contributed by atoms with Crippen molar-refractivity contribution in [1.82, 2.24) is 5.16 Å². The van der Waals surface area contributed by atoms with Crippen LogP contribution in [-0.2, 0) is 9.53 Å². The number of anilines is 1. The summed E-state index contributed by atoms with van der Waals surface area (Å²) in [5.41, 5.74) is 0.734. The fourth-order valence-electron chi connectivity index (χ4n) is 1.46. The lowest BCUT2D eigenvalue weighted by Crippen LogP contribution is -2.20. The molecule has 0 saturated heterocycles. The van der Waals surface area contributed by atoms with Crippen LogP contribution < -0.4 is 5.32 Å². The van der Waals surface area contributed by atoms with Gasteiger partial charge in [-0.3, -0.25) is 10.1 Å². The lowest BCUT2D eigenvalue weighted by Gasteiger charge is -2.06. The highest BCUT2D eigenvalue weighted by molar-refractivity contribution is 9.10. The topological polar surface area (TPSA) is 81.4 Å². The number of esters is 1. The smallest absolute Gasteiger partial charge is 0.339 e. The number of amides is 1. The SMILES string of the molecule is Cc1cc(NC(=O)COC(=O)c2ccc(F)cc2Br)on1. The Morgan fingerprint density at radius 3 is 2.81 bits per heavy atom. The van der Waals surface area contributed by atoms with E-state index in [1.54, 1.807) is 6.92 Å². The molecule has 0 aliphatic rings. The van der Waals surface area contributed by atoms with Crippen LogP contribution in [0.2, 0.25) is 0 Å². The lowest BCUT2D eigenvalue weighted by atomic mass is 10.2. The first-order valence-corrected chi connectivity index (χ1v) is 6.60. The van der Waals surface area contributed by atoms with Gasteiger partial charge in [0, 0.05) is 10.5 Å². The molecule has 0 saturated carbocycles. The first-order chi connectivity index (χ1) is 9.95. The summed E-state index contributed by atoms with van der Waals surface area (Å²) in [6.07, 6.45) is 0. The standard InChI is InChI=1S/C13H10BrFN2O4/c1-7-4-12(21-17-7)16-11(18)6-20-13(19)9-3-2-8(15)5-10(9)14/h2-5H,6H2,1H3,(H,16,18). The average Bonchev–Trinajstić information content (AvgIpc) is 2.81. The second-order valence-electron chi connectivity index (χ2n) is 4.08. The van der Waals surface area contributed by atoms with Crippen LogP contribution in [-0.4, -0.2) is 23.6 Å². The Labute approximate surface area is 127 Å². The Morgan fingerprint density at radius 1 is 1.43 bits per heavy atom. The van der Waals surface area contributed by atoms with E-state index < -0.39 is 24.3 Å². The van der Waals surface area contributed by atoms with Gasteiger partial charge in [0.2, 0.25) is 5.88 Å². The van der Waals surface area contributed by atoms with Gasteiger partial charge in [-0.1, -0.05) is 5.16 Å². The van der Waals surface area contributed by atoms with Gasteiger partial charge >= 0.3 is 5.97 Å². The van der Waals surface area contributed by atoms with Gasteiger partial charge in [-0.15, -0.1) is 0 Å². The van der Waals surface area contributed by atoms with Crippen molar-refractivity contribution >= 4 is 33.7 Å². The summed E-state index contributed by atoms with van der Waals surface area (Å²) in [6, 6.07) is 5.04. The van der Waals surface area contributed by atoms with Crippen LogP contribution in [0.15, 0.2) is 33.3 Å². The van der Waals surface area contributed by atoms with Crippen LogP contribution in [0.3, 0.4) is 0 Å². The van der Waals surface area contributed by atoms with Gasteiger partial charge in [0.1, 0.15) is 5.82 Å². The van der Waals surface area contributed by atoms with Crippen molar-refractivity contribution in [3.05, 3.63) is 45.8 Å². The van der Waals surface area contributed by atoms with E-state index in [4.69, 9.17) is 9.26 Å². The number of hydrogen-bond acceptors (Lipinski definition) is 5. The zero-order valence-electron chi connectivity index (χ0n) is 10.9. The van der Waals surface area contributed by atoms with Crippen LogP contribution in [0.25, 0.3) is 0 Å². The molecule has 1 heterocycles. The van der Waals surface area contributed by atoms with E-state index in [0.717, 1.165) is 12.1 Å². The third-order valence-corrected chi connectivity index (χ3v) is 3.03. The van der Waals surface area contributed by atoms with E-state index in [1.165, 1.54) is 12.1 Å². The van der Waals surface area contributed by atoms with E-state index in [9.17, 15) is 14.0 Å². The predicted octanol–water partition coefficient (Wildman–Crippen LogP) is 2.68. The number of rotatable bonds is 4. The highest BCUT2D eigenvalue weighted by Gasteiger charge is 2.14. The van der Waals surface area contributed by atoms with Crippen LogP contribution >= 0.6 is 15.9 Å². The number of aromatic nitrogens is 1. The molecule has 1 aromatic heterocycles. The fourth-order valence-corrected chi connectivity index (χ4v) is 1.97. The monoisotopic (exact) mass is 356 g/mol. The zero-order chi connectivity index (χ0) is 15.4. The van der Waals surface area contributed by atoms with Crippen LogP contribution in [0, 0.1) is 12.7 Å². The second-order valence-corrected chi connectivity index (χ2v) is 4.94. The highest BCUT2D eigenvalue weighted by Crippen LogP contribution is 2.18. The van der Waals surface area contributed by atoms with E-state index in [-0.39, 0.29) is 15.9 Å². The molecule has 2 aromatic rings. The van der Waals surface area contributed by atoms with Crippen molar-refractivity contribution in [3.63, 3.8) is 0 Å². The van der Waals surface area contributed by atoms with Crippen molar-refractivity contribution in [2.75, 3.05) is 11.9 Å². The molecule has 8 heteroatoms. The predicted molar refractivity (Wildman–Crippen MR) is 74.3 cm³/mol. The molecule has 0 fully saturated rings. The molecule has 2 rings (SSSR count). The van der Waals surface area contributed by atoms with E-state index in [1.807, 2.05) is 0 Å². The number of hydrogen-bond donors (Lipinski definition) is 1. The third kappa shape index (κ3) is 4.12. The number of carbonyl (C=O) groups is 2. The molecule has 0 unspecified atom stereocenters. The molecule has 0 aliphatic heterocycles. The number of halogens is 2. The first-order valence-electron chi connectivity index (χ1n) is 5.81. The van der Waals surface area contributed by atoms with Crippen molar-refractivity contribution in [1.29, 1.82) is 0 Å². The Kier molecular flexibility index (Phi) is 4.69. The number of aryl methyl sites for hydroxylation is 1. The maximum absolute atomic E-state index is 12.9. The van der Waals surface area contributed by atoms with E-state index in [0.29, 0.717) is 5.69 Å². The average molecular weight is 357 g/mol. The summed E-state index contributed by atoms with van der Waals surface area (Å²) >= 11 is 3.05. The Bertz CT molecular complexity index is 687. The fraction of sp³-hybridized carbons (Fsp3) is 0.154. The number of nitrogens with one attached hydrogen (secondary N) is 1. The molecular formula is C13H10BrFN2O4. The van der Waals surface area contributed by atoms with Crippen LogP contribution in [0.4, 0.5) is 10.3 Å². The minimum Gasteiger partial charge on any atom is -0.452 e. The molecule has 0 atom stereocenters. The Balaban J connectivity index is 1.90. The molecule has 0 radical (unpaired) electrons. The molecule has 21 heavy (non-hydrogen) atoms. The van der Waals surface area contributed by atoms with Crippen LogP contribution in [0.1, 0.15) is 16.1 Å². The molecule has 0 spiro atoms. The zero-order valence-corrected chi connectivity index (χ0v) is 12.4. The quantitative estimate of drug-likeness (QED) is 0.851. The normalized spacial score (nSPS) is 10.2. The minimum atomic E-state index is -0.745. The molecule has 6 nitrogen and oxygen atoms in total. The summed E-state index contributed by atoms with van der Waals surface area (Å²) < 4.78 is 22.8.